The lowest BCUT2D eigenvalue weighted by atomic mass is 10.1. The molecule has 1 N–H and O–H groups in total. The zero-order valence-electron chi connectivity index (χ0n) is 12.3. The van der Waals surface area contributed by atoms with Crippen molar-refractivity contribution < 1.29 is 18.8 Å². The van der Waals surface area contributed by atoms with Gasteiger partial charge in [0.05, 0.1) is 23.7 Å². The molecule has 0 radical (unpaired) electrons. The minimum atomic E-state index is -0.971. The Hall–Kier alpha value is -2.18. The predicted molar refractivity (Wildman–Crippen MR) is 77.0 cm³/mol. The molecule has 1 rings (SSSR count). The molecule has 0 fully saturated rings. The van der Waals surface area contributed by atoms with Gasteiger partial charge in [0, 0.05) is 6.54 Å². The van der Waals surface area contributed by atoms with E-state index in [2.05, 4.69) is 23.9 Å². The number of benzene rings is 1. The third-order valence-corrected chi connectivity index (χ3v) is 2.96. The van der Waals surface area contributed by atoms with Gasteiger partial charge in [0.25, 0.3) is 5.69 Å². The largest absolute Gasteiger partial charge is 0.465 e. The molecule has 0 heterocycles. The zero-order chi connectivity index (χ0) is 16.0. The SMILES string of the molecule is COC(=O)c1cc(NCCCC(C)C)c([N+](=O)[O-])cc1F. The monoisotopic (exact) mass is 298 g/mol. The van der Waals surface area contributed by atoms with Crippen LogP contribution in [0, 0.1) is 21.8 Å². The Morgan fingerprint density at radius 3 is 2.67 bits per heavy atom. The summed E-state index contributed by atoms with van der Waals surface area (Å²) in [4.78, 5) is 21.7. The van der Waals surface area contributed by atoms with Crippen molar-refractivity contribution in [3.05, 3.63) is 33.6 Å². The molecule has 116 valence electrons. The van der Waals surface area contributed by atoms with Crippen LogP contribution in [0.5, 0.6) is 0 Å². The van der Waals surface area contributed by atoms with Crippen molar-refractivity contribution in [3.63, 3.8) is 0 Å². The highest BCUT2D eigenvalue weighted by atomic mass is 19.1. The van der Waals surface area contributed by atoms with Crippen LogP contribution in [0.3, 0.4) is 0 Å². The van der Waals surface area contributed by atoms with Crippen molar-refractivity contribution in [2.75, 3.05) is 19.0 Å². The standard InChI is InChI=1S/C14H19FN2O4/c1-9(2)5-4-6-16-12-7-10(14(18)21-3)11(15)8-13(12)17(19)20/h7-9,16H,4-6H2,1-3H3. The van der Waals surface area contributed by atoms with Crippen molar-refractivity contribution in [1.29, 1.82) is 0 Å². The Morgan fingerprint density at radius 1 is 1.48 bits per heavy atom. The number of nitrogens with one attached hydrogen (secondary N) is 1. The molecule has 7 heteroatoms. The van der Waals surface area contributed by atoms with Crippen LogP contribution < -0.4 is 5.32 Å². The van der Waals surface area contributed by atoms with Gasteiger partial charge < -0.3 is 10.1 Å². The van der Waals surface area contributed by atoms with E-state index in [0.29, 0.717) is 12.5 Å². The van der Waals surface area contributed by atoms with Crippen LogP contribution in [0.1, 0.15) is 37.0 Å². The fourth-order valence-electron chi connectivity index (χ4n) is 1.86. The van der Waals surface area contributed by atoms with Crippen LogP contribution in [0.4, 0.5) is 15.8 Å². The molecule has 0 aliphatic heterocycles. The molecule has 1 aromatic rings. The number of nitrogens with zero attached hydrogens (tertiary/aromatic N) is 1. The van der Waals surface area contributed by atoms with Crippen LogP contribution in [0.2, 0.25) is 0 Å². The summed E-state index contributed by atoms with van der Waals surface area (Å²) in [7, 11) is 1.12. The van der Waals surface area contributed by atoms with Crippen LogP contribution >= 0.6 is 0 Å². The second-order valence-corrected chi connectivity index (χ2v) is 5.06. The first-order valence-corrected chi connectivity index (χ1v) is 6.67. The average Bonchev–Trinajstić information content (AvgIpc) is 2.43. The summed E-state index contributed by atoms with van der Waals surface area (Å²) in [5.41, 5.74) is -0.607. The maximum Gasteiger partial charge on any atom is 0.340 e. The van der Waals surface area contributed by atoms with Crippen molar-refractivity contribution in [2.24, 2.45) is 5.92 Å². The molecule has 0 aliphatic rings. The minimum Gasteiger partial charge on any atom is -0.465 e. The maximum atomic E-state index is 13.7. The van der Waals surface area contributed by atoms with Crippen molar-refractivity contribution >= 4 is 17.3 Å². The number of carbonyl (C=O) groups excluding carboxylic acids is 1. The number of carbonyl (C=O) groups is 1. The average molecular weight is 298 g/mol. The maximum absolute atomic E-state index is 13.7. The highest BCUT2D eigenvalue weighted by Crippen LogP contribution is 2.28. The fraction of sp³-hybridized carbons (Fsp3) is 0.500. The van der Waals surface area contributed by atoms with Gasteiger partial charge in [0.1, 0.15) is 11.5 Å². The van der Waals surface area contributed by atoms with Gasteiger partial charge >= 0.3 is 5.97 Å². The second kappa shape index (κ2) is 7.56. The third-order valence-electron chi connectivity index (χ3n) is 2.96. The van der Waals surface area contributed by atoms with E-state index in [1.54, 1.807) is 0 Å². The highest BCUT2D eigenvalue weighted by molar-refractivity contribution is 5.91. The Bertz CT molecular complexity index is 532. The molecule has 0 bridgehead atoms. The van der Waals surface area contributed by atoms with Gasteiger partial charge in [0.15, 0.2) is 0 Å². The summed E-state index contributed by atoms with van der Waals surface area (Å²) >= 11 is 0. The van der Waals surface area contributed by atoms with Gasteiger partial charge in [-0.25, -0.2) is 9.18 Å². The molecule has 6 nitrogen and oxygen atoms in total. The number of hydrogen-bond donors (Lipinski definition) is 1. The first-order chi connectivity index (χ1) is 9.86. The third kappa shape index (κ3) is 4.70. The molecule has 0 saturated carbocycles. The quantitative estimate of drug-likeness (QED) is 0.361. The summed E-state index contributed by atoms with van der Waals surface area (Å²) in [6, 6.07) is 1.85. The number of nitro benzene ring substituents is 1. The van der Waals surface area contributed by atoms with Gasteiger partial charge in [-0.2, -0.15) is 0 Å². The summed E-state index contributed by atoms with van der Waals surface area (Å²) in [6.07, 6.45) is 1.78. The smallest absolute Gasteiger partial charge is 0.340 e. The molecule has 1 aromatic carbocycles. The first-order valence-electron chi connectivity index (χ1n) is 6.67. The molecule has 0 amide bonds. The number of ether oxygens (including phenoxy) is 1. The second-order valence-electron chi connectivity index (χ2n) is 5.06. The van der Waals surface area contributed by atoms with E-state index in [1.807, 2.05) is 0 Å². The Balaban J connectivity index is 2.97. The normalized spacial score (nSPS) is 10.5. The van der Waals surface area contributed by atoms with E-state index >= 15 is 0 Å². The summed E-state index contributed by atoms with van der Waals surface area (Å²) in [5.74, 6) is -1.31. The molecule has 0 spiro atoms. The number of anilines is 1. The van der Waals surface area contributed by atoms with Crippen LogP contribution in [-0.2, 0) is 4.74 Å². The van der Waals surface area contributed by atoms with Crippen LogP contribution in [-0.4, -0.2) is 24.5 Å². The zero-order valence-corrected chi connectivity index (χ0v) is 12.3. The first kappa shape index (κ1) is 16.9. The number of methoxy groups -OCH3 is 1. The van der Waals surface area contributed by atoms with E-state index < -0.39 is 22.4 Å². The molecule has 21 heavy (non-hydrogen) atoms. The summed E-state index contributed by atoms with van der Waals surface area (Å²) in [6.45, 7) is 4.66. The number of halogens is 1. The van der Waals surface area contributed by atoms with E-state index in [4.69, 9.17) is 0 Å². The number of nitro groups is 1. The van der Waals surface area contributed by atoms with Gasteiger partial charge in [-0.15, -0.1) is 0 Å². The minimum absolute atomic E-state index is 0.116. The van der Waals surface area contributed by atoms with Crippen molar-refractivity contribution in [1.82, 2.24) is 0 Å². The Labute approximate surface area is 122 Å². The van der Waals surface area contributed by atoms with Crippen LogP contribution in [0.15, 0.2) is 12.1 Å². The van der Waals surface area contributed by atoms with Gasteiger partial charge in [-0.05, 0) is 24.8 Å². The van der Waals surface area contributed by atoms with E-state index in [9.17, 15) is 19.3 Å². The fourth-order valence-corrected chi connectivity index (χ4v) is 1.86. The van der Waals surface area contributed by atoms with E-state index in [1.165, 1.54) is 0 Å². The molecule has 0 aliphatic carbocycles. The summed E-state index contributed by atoms with van der Waals surface area (Å²) in [5, 5.41) is 13.8. The summed E-state index contributed by atoms with van der Waals surface area (Å²) < 4.78 is 18.1. The van der Waals surface area contributed by atoms with E-state index in [0.717, 1.165) is 32.1 Å². The number of hydrogen-bond acceptors (Lipinski definition) is 5. The predicted octanol–water partition coefficient (Wildman–Crippen LogP) is 3.37. The molecule has 0 unspecified atom stereocenters. The number of rotatable bonds is 7. The van der Waals surface area contributed by atoms with Crippen LogP contribution in [0.25, 0.3) is 0 Å². The molecule has 0 aromatic heterocycles. The molecule has 0 saturated heterocycles. The Morgan fingerprint density at radius 2 is 2.14 bits per heavy atom. The molecule has 0 atom stereocenters. The van der Waals surface area contributed by atoms with E-state index in [-0.39, 0.29) is 11.3 Å². The molecular formula is C14H19FN2O4. The van der Waals surface area contributed by atoms with Crippen molar-refractivity contribution in [2.45, 2.75) is 26.7 Å². The molecular weight excluding hydrogens is 279 g/mol. The number of esters is 1. The van der Waals surface area contributed by atoms with Gasteiger partial charge in [0.2, 0.25) is 0 Å². The highest BCUT2D eigenvalue weighted by Gasteiger charge is 2.22. The lowest BCUT2D eigenvalue weighted by Crippen LogP contribution is -2.10. The van der Waals surface area contributed by atoms with Gasteiger partial charge in [-0.3, -0.25) is 10.1 Å². The van der Waals surface area contributed by atoms with Gasteiger partial charge in [-0.1, -0.05) is 13.8 Å². The topological polar surface area (TPSA) is 81.5 Å². The Kier molecular flexibility index (Phi) is 6.08. The lowest BCUT2D eigenvalue weighted by molar-refractivity contribution is -0.384. The lowest BCUT2D eigenvalue weighted by Gasteiger charge is -2.10. The van der Waals surface area contributed by atoms with Crippen molar-refractivity contribution in [3.8, 4) is 0 Å².